The molecule has 1 aromatic carbocycles. The molecule has 1 aliphatic rings. The SMILES string of the molecule is COc1ccc2c(CSc3nnc(N4CCOCC4)n3C)cc(=O)oc2c1. The predicted octanol–water partition coefficient (Wildman–Crippen LogP) is 2.06. The van der Waals surface area contributed by atoms with Gasteiger partial charge in [0.25, 0.3) is 0 Å². The lowest BCUT2D eigenvalue weighted by Crippen LogP contribution is -2.37. The van der Waals surface area contributed by atoms with Crippen molar-refractivity contribution in [2.75, 3.05) is 38.3 Å². The molecule has 1 fully saturated rings. The molecule has 142 valence electrons. The average molecular weight is 388 g/mol. The van der Waals surface area contributed by atoms with Gasteiger partial charge in [0.2, 0.25) is 5.95 Å². The lowest BCUT2D eigenvalue weighted by Gasteiger charge is -2.27. The van der Waals surface area contributed by atoms with Crippen LogP contribution in [0.15, 0.2) is 38.6 Å². The first-order valence-corrected chi connectivity index (χ1v) is 9.60. The van der Waals surface area contributed by atoms with Gasteiger partial charge in [-0.05, 0) is 17.7 Å². The van der Waals surface area contributed by atoms with Gasteiger partial charge in [0.15, 0.2) is 5.16 Å². The number of benzene rings is 1. The number of aromatic nitrogens is 3. The Balaban J connectivity index is 1.57. The number of rotatable bonds is 5. The van der Waals surface area contributed by atoms with Gasteiger partial charge in [-0.25, -0.2) is 4.79 Å². The number of hydrogen-bond donors (Lipinski definition) is 0. The van der Waals surface area contributed by atoms with Crippen molar-refractivity contribution < 1.29 is 13.9 Å². The minimum Gasteiger partial charge on any atom is -0.497 e. The molecule has 2 aromatic heterocycles. The van der Waals surface area contributed by atoms with Crippen molar-refractivity contribution in [3.63, 3.8) is 0 Å². The van der Waals surface area contributed by atoms with Crippen LogP contribution in [-0.4, -0.2) is 48.2 Å². The van der Waals surface area contributed by atoms with Crippen LogP contribution < -0.4 is 15.3 Å². The van der Waals surface area contributed by atoms with E-state index in [1.807, 2.05) is 23.7 Å². The van der Waals surface area contributed by atoms with Crippen LogP contribution in [0.1, 0.15) is 5.56 Å². The van der Waals surface area contributed by atoms with E-state index in [4.69, 9.17) is 13.9 Å². The van der Waals surface area contributed by atoms with Gasteiger partial charge < -0.3 is 18.8 Å². The lowest BCUT2D eigenvalue weighted by molar-refractivity contribution is 0.121. The summed E-state index contributed by atoms with van der Waals surface area (Å²) in [5.41, 5.74) is 1.03. The van der Waals surface area contributed by atoms with Crippen LogP contribution in [0.2, 0.25) is 0 Å². The van der Waals surface area contributed by atoms with Crippen molar-refractivity contribution >= 4 is 28.7 Å². The highest BCUT2D eigenvalue weighted by Gasteiger charge is 2.19. The molecule has 3 aromatic rings. The summed E-state index contributed by atoms with van der Waals surface area (Å²) in [6, 6.07) is 7.02. The number of morpholine rings is 1. The van der Waals surface area contributed by atoms with Crippen LogP contribution in [0.25, 0.3) is 11.0 Å². The summed E-state index contributed by atoms with van der Waals surface area (Å²) in [4.78, 5) is 14.1. The topological polar surface area (TPSA) is 82.6 Å². The average Bonchev–Trinajstić information content (AvgIpc) is 3.06. The molecular formula is C18H20N4O4S. The smallest absolute Gasteiger partial charge is 0.336 e. The fourth-order valence-corrected chi connectivity index (χ4v) is 3.97. The largest absolute Gasteiger partial charge is 0.497 e. The summed E-state index contributed by atoms with van der Waals surface area (Å²) in [5.74, 6) is 2.07. The molecule has 0 unspecified atom stereocenters. The molecule has 0 saturated carbocycles. The molecule has 0 radical (unpaired) electrons. The lowest BCUT2D eigenvalue weighted by atomic mass is 10.1. The molecule has 0 N–H and O–H groups in total. The second-order valence-electron chi connectivity index (χ2n) is 6.18. The Kier molecular flexibility index (Phi) is 5.04. The van der Waals surface area contributed by atoms with Gasteiger partial charge in [0, 0.05) is 43.4 Å². The third-order valence-corrected chi connectivity index (χ3v) is 5.57. The van der Waals surface area contributed by atoms with Gasteiger partial charge in [-0.2, -0.15) is 0 Å². The summed E-state index contributed by atoms with van der Waals surface area (Å²) in [5, 5.41) is 10.3. The number of thioether (sulfide) groups is 1. The second kappa shape index (κ2) is 7.61. The number of methoxy groups -OCH3 is 1. The van der Waals surface area contributed by atoms with E-state index in [-0.39, 0.29) is 5.63 Å². The fraction of sp³-hybridized carbons (Fsp3) is 0.389. The first-order valence-electron chi connectivity index (χ1n) is 8.61. The fourth-order valence-electron chi connectivity index (χ4n) is 3.07. The van der Waals surface area contributed by atoms with Gasteiger partial charge in [-0.15, -0.1) is 10.2 Å². The molecule has 0 spiro atoms. The molecule has 9 heteroatoms. The summed E-state index contributed by atoms with van der Waals surface area (Å²) >= 11 is 1.54. The van der Waals surface area contributed by atoms with E-state index in [9.17, 15) is 4.79 Å². The summed E-state index contributed by atoms with van der Waals surface area (Å²) < 4.78 is 17.9. The van der Waals surface area contributed by atoms with E-state index in [0.717, 1.165) is 35.1 Å². The Morgan fingerprint density at radius 3 is 2.81 bits per heavy atom. The van der Waals surface area contributed by atoms with Gasteiger partial charge in [0.05, 0.1) is 20.3 Å². The third kappa shape index (κ3) is 3.65. The quantitative estimate of drug-likeness (QED) is 0.485. The maximum atomic E-state index is 11.9. The molecule has 1 aliphatic heterocycles. The van der Waals surface area contributed by atoms with Crippen LogP contribution in [0.5, 0.6) is 5.75 Å². The van der Waals surface area contributed by atoms with Gasteiger partial charge in [-0.3, -0.25) is 4.57 Å². The van der Waals surface area contributed by atoms with Crippen LogP contribution in [0.3, 0.4) is 0 Å². The van der Waals surface area contributed by atoms with Gasteiger partial charge in [0.1, 0.15) is 11.3 Å². The standard InChI is InChI=1S/C18H20N4O4S/c1-21-17(22-5-7-25-8-6-22)19-20-18(21)27-11-12-9-16(23)26-15-10-13(24-2)3-4-14(12)15/h3-4,9-10H,5-8,11H2,1-2H3. The van der Waals surface area contributed by atoms with E-state index >= 15 is 0 Å². The molecule has 8 nitrogen and oxygen atoms in total. The van der Waals surface area contributed by atoms with Gasteiger partial charge >= 0.3 is 5.63 Å². The zero-order valence-corrected chi connectivity index (χ0v) is 16.0. The first kappa shape index (κ1) is 17.9. The minimum absolute atomic E-state index is 0.377. The molecule has 0 aliphatic carbocycles. The maximum absolute atomic E-state index is 11.9. The number of anilines is 1. The predicted molar refractivity (Wildman–Crippen MR) is 103 cm³/mol. The van der Waals surface area contributed by atoms with E-state index in [1.165, 1.54) is 17.8 Å². The zero-order chi connectivity index (χ0) is 18.8. The molecule has 27 heavy (non-hydrogen) atoms. The molecule has 3 heterocycles. The van der Waals surface area contributed by atoms with Crippen molar-refractivity contribution in [1.29, 1.82) is 0 Å². The highest BCUT2D eigenvalue weighted by atomic mass is 32.2. The highest BCUT2D eigenvalue weighted by Crippen LogP contribution is 2.28. The number of hydrogen-bond acceptors (Lipinski definition) is 8. The third-order valence-electron chi connectivity index (χ3n) is 4.50. The number of fused-ring (bicyclic) bond motifs is 1. The summed E-state index contributed by atoms with van der Waals surface area (Å²) in [6.07, 6.45) is 0. The van der Waals surface area contributed by atoms with Crippen molar-refractivity contribution in [3.8, 4) is 5.75 Å². The highest BCUT2D eigenvalue weighted by molar-refractivity contribution is 7.98. The van der Waals surface area contributed by atoms with Crippen molar-refractivity contribution in [3.05, 3.63) is 40.2 Å². The number of nitrogens with zero attached hydrogens (tertiary/aromatic N) is 4. The molecular weight excluding hydrogens is 368 g/mol. The van der Waals surface area contributed by atoms with Crippen molar-refractivity contribution in [1.82, 2.24) is 14.8 Å². The van der Waals surface area contributed by atoms with E-state index in [1.54, 1.807) is 13.2 Å². The molecule has 1 saturated heterocycles. The Hall–Kier alpha value is -2.52. The Bertz CT molecular complexity index is 1010. The molecule has 0 atom stereocenters. The Morgan fingerprint density at radius 2 is 2.04 bits per heavy atom. The molecule has 4 rings (SSSR count). The Labute approximate surface area is 160 Å². The zero-order valence-electron chi connectivity index (χ0n) is 15.2. The van der Waals surface area contributed by atoms with Crippen molar-refractivity contribution in [2.45, 2.75) is 10.9 Å². The van der Waals surface area contributed by atoms with Crippen LogP contribution in [-0.2, 0) is 17.5 Å². The van der Waals surface area contributed by atoms with E-state index in [0.29, 0.717) is 30.3 Å². The van der Waals surface area contributed by atoms with Crippen molar-refractivity contribution in [2.24, 2.45) is 7.05 Å². The van der Waals surface area contributed by atoms with Crippen LogP contribution in [0, 0.1) is 0 Å². The minimum atomic E-state index is -0.377. The van der Waals surface area contributed by atoms with Gasteiger partial charge in [-0.1, -0.05) is 11.8 Å². The van der Waals surface area contributed by atoms with E-state index in [2.05, 4.69) is 15.1 Å². The Morgan fingerprint density at radius 1 is 1.22 bits per heavy atom. The molecule has 0 amide bonds. The number of ether oxygens (including phenoxy) is 2. The monoisotopic (exact) mass is 388 g/mol. The molecule has 0 bridgehead atoms. The normalized spacial score (nSPS) is 14.7. The summed E-state index contributed by atoms with van der Waals surface area (Å²) in [7, 11) is 3.54. The maximum Gasteiger partial charge on any atom is 0.336 e. The second-order valence-corrected chi connectivity index (χ2v) is 7.12. The first-order chi connectivity index (χ1) is 13.2. The van der Waals surface area contributed by atoms with Crippen LogP contribution >= 0.6 is 11.8 Å². The summed E-state index contributed by atoms with van der Waals surface area (Å²) in [6.45, 7) is 3.01. The van der Waals surface area contributed by atoms with E-state index < -0.39 is 0 Å². The van der Waals surface area contributed by atoms with Crippen LogP contribution in [0.4, 0.5) is 5.95 Å².